The van der Waals surface area contributed by atoms with Gasteiger partial charge in [-0.25, -0.2) is 9.48 Å². The molecule has 1 aliphatic rings. The molecule has 1 aromatic heterocycles. The van der Waals surface area contributed by atoms with E-state index in [2.05, 4.69) is 15.7 Å². The second-order valence-corrected chi connectivity index (χ2v) is 5.76. The first-order valence-corrected chi connectivity index (χ1v) is 7.31. The van der Waals surface area contributed by atoms with Crippen LogP contribution in [-0.4, -0.2) is 47.9 Å². The quantitative estimate of drug-likeness (QED) is 0.768. The molecule has 0 bridgehead atoms. The van der Waals surface area contributed by atoms with E-state index in [9.17, 15) is 9.59 Å². The van der Waals surface area contributed by atoms with Gasteiger partial charge in [0.1, 0.15) is 5.69 Å². The molecule has 0 radical (unpaired) electrons. The zero-order chi connectivity index (χ0) is 15.4. The molecule has 1 aliphatic carbocycles. The molecule has 1 heterocycles. The monoisotopic (exact) mass is 313 g/mol. The molecule has 1 aromatic rings. The van der Waals surface area contributed by atoms with E-state index in [-0.39, 0.29) is 11.6 Å². The van der Waals surface area contributed by atoms with Crippen LogP contribution in [0.2, 0.25) is 5.02 Å². The van der Waals surface area contributed by atoms with Crippen LogP contribution in [0.15, 0.2) is 11.0 Å². The Kier molecular flexibility index (Phi) is 5.06. The summed E-state index contributed by atoms with van der Waals surface area (Å²) in [5.74, 6) is 0.559. The third kappa shape index (κ3) is 4.35. The zero-order valence-electron chi connectivity index (χ0n) is 12.2. The minimum Gasteiger partial charge on any atom is -0.377 e. The largest absolute Gasteiger partial charge is 0.377 e. The van der Waals surface area contributed by atoms with Crippen LogP contribution in [0.3, 0.4) is 0 Å². The average Bonchev–Trinajstić information content (AvgIpc) is 3.24. The lowest BCUT2D eigenvalue weighted by Crippen LogP contribution is -2.37. The normalized spacial score (nSPS) is 13.9. The number of carbonyl (C=O) groups is 1. The molecule has 1 saturated carbocycles. The standard InChI is InChI=1S/C13H20ClN5O2/c1-18(2)13(21)16-6-5-15-11-10(14)7-17-19(12(11)20)8-9-3-4-9/h7,9,15H,3-6,8H2,1-2H3,(H,16,21). The van der Waals surface area contributed by atoms with Gasteiger partial charge in [0, 0.05) is 33.7 Å². The highest BCUT2D eigenvalue weighted by molar-refractivity contribution is 6.32. The molecule has 0 aliphatic heterocycles. The maximum Gasteiger partial charge on any atom is 0.316 e. The van der Waals surface area contributed by atoms with Gasteiger partial charge in [0.05, 0.1) is 11.2 Å². The fraction of sp³-hybridized carbons (Fsp3) is 0.615. The van der Waals surface area contributed by atoms with Crippen molar-refractivity contribution in [1.82, 2.24) is 20.0 Å². The van der Waals surface area contributed by atoms with Crippen LogP contribution in [0, 0.1) is 5.92 Å². The molecule has 0 atom stereocenters. The lowest BCUT2D eigenvalue weighted by Gasteiger charge is -2.13. The van der Waals surface area contributed by atoms with Crippen molar-refractivity contribution in [2.45, 2.75) is 19.4 Å². The van der Waals surface area contributed by atoms with E-state index in [1.54, 1.807) is 14.1 Å². The molecule has 1 fully saturated rings. The molecule has 0 saturated heterocycles. The summed E-state index contributed by atoms with van der Waals surface area (Å²) < 4.78 is 1.45. The first kappa shape index (κ1) is 15.6. The van der Waals surface area contributed by atoms with Crippen molar-refractivity contribution >= 4 is 23.3 Å². The number of rotatable bonds is 6. The van der Waals surface area contributed by atoms with Crippen molar-refractivity contribution in [2.24, 2.45) is 5.92 Å². The van der Waals surface area contributed by atoms with Crippen LogP contribution in [0.4, 0.5) is 10.5 Å². The minimum absolute atomic E-state index is 0.177. The Morgan fingerprint density at radius 1 is 1.48 bits per heavy atom. The van der Waals surface area contributed by atoms with Crippen LogP contribution in [0.1, 0.15) is 12.8 Å². The zero-order valence-corrected chi connectivity index (χ0v) is 13.0. The number of amides is 2. The minimum atomic E-state index is -0.215. The van der Waals surface area contributed by atoms with Crippen molar-refractivity contribution in [3.8, 4) is 0 Å². The van der Waals surface area contributed by atoms with E-state index >= 15 is 0 Å². The molecule has 0 spiro atoms. The predicted molar refractivity (Wildman–Crippen MR) is 81.8 cm³/mol. The van der Waals surface area contributed by atoms with Crippen LogP contribution < -0.4 is 16.2 Å². The van der Waals surface area contributed by atoms with Gasteiger partial charge in [0.2, 0.25) is 0 Å². The van der Waals surface area contributed by atoms with Crippen molar-refractivity contribution in [1.29, 1.82) is 0 Å². The van der Waals surface area contributed by atoms with Crippen LogP contribution in [0.25, 0.3) is 0 Å². The Balaban J connectivity index is 1.92. The number of nitrogens with zero attached hydrogens (tertiary/aromatic N) is 3. The van der Waals surface area contributed by atoms with E-state index < -0.39 is 0 Å². The number of anilines is 1. The van der Waals surface area contributed by atoms with E-state index in [1.807, 2.05) is 0 Å². The molecule has 21 heavy (non-hydrogen) atoms. The highest BCUT2D eigenvalue weighted by Crippen LogP contribution is 2.30. The smallest absolute Gasteiger partial charge is 0.316 e. The summed E-state index contributed by atoms with van der Waals surface area (Å²) in [6, 6.07) is -0.177. The lowest BCUT2D eigenvalue weighted by atomic mass is 10.4. The Labute approximate surface area is 128 Å². The van der Waals surface area contributed by atoms with Gasteiger partial charge in [0.25, 0.3) is 5.56 Å². The fourth-order valence-corrected chi connectivity index (χ4v) is 2.01. The summed E-state index contributed by atoms with van der Waals surface area (Å²) in [6.45, 7) is 1.46. The number of urea groups is 1. The van der Waals surface area contributed by atoms with Crippen molar-refractivity contribution in [3.05, 3.63) is 21.6 Å². The topological polar surface area (TPSA) is 79.3 Å². The number of carbonyl (C=O) groups excluding carboxylic acids is 1. The number of nitrogens with one attached hydrogen (secondary N) is 2. The van der Waals surface area contributed by atoms with Crippen LogP contribution in [0.5, 0.6) is 0 Å². The summed E-state index contributed by atoms with van der Waals surface area (Å²) in [6.07, 6.45) is 3.78. The number of hydrogen-bond acceptors (Lipinski definition) is 4. The highest BCUT2D eigenvalue weighted by atomic mass is 35.5. The van der Waals surface area contributed by atoms with Gasteiger partial charge in [0.15, 0.2) is 0 Å². The summed E-state index contributed by atoms with van der Waals surface area (Å²) in [7, 11) is 3.33. The van der Waals surface area contributed by atoms with Gasteiger partial charge in [-0.05, 0) is 18.8 Å². The molecule has 0 unspecified atom stereocenters. The summed E-state index contributed by atoms with van der Waals surface area (Å²) in [4.78, 5) is 25.0. The van der Waals surface area contributed by atoms with Crippen LogP contribution in [-0.2, 0) is 6.54 Å². The third-order valence-corrected chi connectivity index (χ3v) is 3.52. The molecule has 2 rings (SSSR count). The maximum atomic E-state index is 12.2. The molecule has 0 aromatic carbocycles. The van der Waals surface area contributed by atoms with Crippen LogP contribution >= 0.6 is 11.6 Å². The van der Waals surface area contributed by atoms with Gasteiger partial charge in [-0.1, -0.05) is 11.6 Å². The van der Waals surface area contributed by atoms with E-state index in [4.69, 9.17) is 11.6 Å². The molecular weight excluding hydrogens is 294 g/mol. The van der Waals surface area contributed by atoms with Crippen molar-refractivity contribution < 1.29 is 4.79 Å². The molecule has 2 N–H and O–H groups in total. The second kappa shape index (κ2) is 6.80. The average molecular weight is 314 g/mol. The molecular formula is C13H20ClN5O2. The molecule has 116 valence electrons. The first-order valence-electron chi connectivity index (χ1n) is 6.93. The SMILES string of the molecule is CN(C)C(=O)NCCNc1c(Cl)cnn(CC2CC2)c1=O. The van der Waals surface area contributed by atoms with E-state index in [1.165, 1.54) is 15.8 Å². The van der Waals surface area contributed by atoms with Gasteiger partial charge >= 0.3 is 6.03 Å². The number of halogens is 1. The van der Waals surface area contributed by atoms with Gasteiger partial charge < -0.3 is 15.5 Å². The summed E-state index contributed by atoms with van der Waals surface area (Å²) >= 11 is 6.01. The predicted octanol–water partition coefficient (Wildman–Crippen LogP) is 0.990. The summed E-state index contributed by atoms with van der Waals surface area (Å²) in [5, 5.41) is 10.0. The number of hydrogen-bond donors (Lipinski definition) is 2. The number of aromatic nitrogens is 2. The van der Waals surface area contributed by atoms with E-state index in [0.29, 0.717) is 36.3 Å². The maximum absolute atomic E-state index is 12.2. The molecule has 8 heteroatoms. The first-order chi connectivity index (χ1) is 9.99. The van der Waals surface area contributed by atoms with Gasteiger partial charge in [-0.3, -0.25) is 4.79 Å². The highest BCUT2D eigenvalue weighted by Gasteiger charge is 2.23. The third-order valence-electron chi connectivity index (χ3n) is 3.23. The summed E-state index contributed by atoms with van der Waals surface area (Å²) in [5.41, 5.74) is 0.125. The van der Waals surface area contributed by atoms with Gasteiger partial charge in [-0.15, -0.1) is 0 Å². The van der Waals surface area contributed by atoms with Gasteiger partial charge in [-0.2, -0.15) is 5.10 Å². The Morgan fingerprint density at radius 3 is 2.81 bits per heavy atom. The fourth-order valence-electron chi connectivity index (χ4n) is 1.82. The van der Waals surface area contributed by atoms with Crippen molar-refractivity contribution in [2.75, 3.05) is 32.5 Å². The lowest BCUT2D eigenvalue weighted by molar-refractivity contribution is 0.218. The molecule has 2 amide bonds. The van der Waals surface area contributed by atoms with Crippen molar-refractivity contribution in [3.63, 3.8) is 0 Å². The second-order valence-electron chi connectivity index (χ2n) is 5.35. The van der Waals surface area contributed by atoms with E-state index in [0.717, 1.165) is 12.8 Å². The Morgan fingerprint density at radius 2 is 2.19 bits per heavy atom. The Bertz CT molecular complexity index is 568. The molecule has 7 nitrogen and oxygen atoms in total. The Hall–Kier alpha value is -1.76.